The van der Waals surface area contributed by atoms with Crippen molar-refractivity contribution >= 4 is 17.5 Å². The van der Waals surface area contributed by atoms with Crippen LogP contribution in [0.1, 0.15) is 29.9 Å². The zero-order valence-electron chi connectivity index (χ0n) is 14.3. The third-order valence-electron chi connectivity index (χ3n) is 3.86. The fourth-order valence-corrected chi connectivity index (χ4v) is 2.41. The largest absolute Gasteiger partial charge is 0.421 e. The lowest BCUT2D eigenvalue weighted by molar-refractivity contribution is -0.137. The van der Waals surface area contributed by atoms with Crippen LogP contribution < -0.4 is 10.6 Å². The number of alkyl halides is 3. The molecule has 0 aliphatic carbocycles. The topological polar surface area (TPSA) is 96.3 Å². The van der Waals surface area contributed by atoms with E-state index in [9.17, 15) is 13.2 Å². The molecule has 0 saturated carbocycles. The number of H-pyrrole nitrogens is 1. The normalized spacial score (nSPS) is 12.8. The number of anilines is 3. The van der Waals surface area contributed by atoms with E-state index in [1.165, 1.54) is 7.05 Å². The van der Waals surface area contributed by atoms with Gasteiger partial charge in [-0.25, -0.2) is 4.98 Å². The van der Waals surface area contributed by atoms with Crippen LogP contribution in [0, 0.1) is 6.92 Å². The number of aryl methyl sites for hydroxylation is 1. The van der Waals surface area contributed by atoms with Gasteiger partial charge in [-0.1, -0.05) is 0 Å². The summed E-state index contributed by atoms with van der Waals surface area (Å²) < 4.78 is 40.5. The number of halogens is 3. The summed E-state index contributed by atoms with van der Waals surface area (Å²) in [5.74, 6) is -0.259. The molecule has 0 saturated heterocycles. The number of hydrogen-bond acceptors (Lipinski definition) is 6. The second kappa shape index (κ2) is 6.65. The van der Waals surface area contributed by atoms with Gasteiger partial charge in [0.1, 0.15) is 11.4 Å². The van der Waals surface area contributed by atoms with E-state index in [-0.39, 0.29) is 17.8 Å². The molecule has 3 N–H and O–H groups in total. The van der Waals surface area contributed by atoms with Crippen molar-refractivity contribution in [2.24, 2.45) is 0 Å². The van der Waals surface area contributed by atoms with Crippen molar-refractivity contribution in [1.29, 1.82) is 0 Å². The highest BCUT2D eigenvalue weighted by atomic mass is 19.4. The predicted octanol–water partition coefficient (Wildman–Crippen LogP) is 3.12. The van der Waals surface area contributed by atoms with Gasteiger partial charge in [-0.15, -0.1) is 0 Å². The number of hydrogen-bond donors (Lipinski definition) is 3. The Morgan fingerprint density at radius 1 is 1.31 bits per heavy atom. The molecule has 3 aromatic rings. The Hall–Kier alpha value is -3.11. The smallest absolute Gasteiger partial charge is 0.372 e. The van der Waals surface area contributed by atoms with E-state index in [0.717, 1.165) is 11.9 Å². The molecule has 0 spiro atoms. The van der Waals surface area contributed by atoms with Gasteiger partial charge in [0.15, 0.2) is 0 Å². The Kier molecular flexibility index (Phi) is 4.53. The highest BCUT2D eigenvalue weighted by Crippen LogP contribution is 2.34. The average molecular weight is 366 g/mol. The number of rotatable bonds is 5. The summed E-state index contributed by atoms with van der Waals surface area (Å²) in [7, 11) is 1.37. The summed E-state index contributed by atoms with van der Waals surface area (Å²) in [5, 5.41) is 16.6. The molecule has 26 heavy (non-hydrogen) atoms. The minimum atomic E-state index is -4.53. The standard InChI is InChI=1S/C15H17F3N8/c1-8-12(7-26(25-8)9(2)11-4-5-21-24-11)22-14-20-6-10(15(16,17)18)13(19-3)23-14/h4-7,9H,1-3H3,(H,21,24)(H2,19,20,22,23). The third kappa shape index (κ3) is 3.46. The first-order valence-electron chi connectivity index (χ1n) is 7.73. The second-order valence-corrected chi connectivity index (χ2v) is 5.62. The molecule has 0 bridgehead atoms. The van der Waals surface area contributed by atoms with Crippen LogP contribution in [-0.4, -0.2) is 37.0 Å². The molecule has 0 fully saturated rings. The lowest BCUT2D eigenvalue weighted by Gasteiger charge is -2.12. The molecule has 0 aromatic carbocycles. The van der Waals surface area contributed by atoms with Gasteiger partial charge in [0, 0.05) is 25.6 Å². The zero-order valence-corrected chi connectivity index (χ0v) is 14.3. The predicted molar refractivity (Wildman–Crippen MR) is 89.2 cm³/mol. The van der Waals surface area contributed by atoms with Crippen molar-refractivity contribution in [2.45, 2.75) is 26.1 Å². The van der Waals surface area contributed by atoms with Gasteiger partial charge in [-0.2, -0.15) is 28.4 Å². The molecule has 3 aromatic heterocycles. The van der Waals surface area contributed by atoms with Gasteiger partial charge >= 0.3 is 6.18 Å². The van der Waals surface area contributed by atoms with Gasteiger partial charge < -0.3 is 10.6 Å². The fraction of sp³-hybridized carbons (Fsp3) is 0.333. The first kappa shape index (κ1) is 17.7. The van der Waals surface area contributed by atoms with Crippen LogP contribution in [0.25, 0.3) is 0 Å². The Balaban J connectivity index is 1.85. The maximum atomic E-state index is 12.9. The summed E-state index contributed by atoms with van der Waals surface area (Å²) in [6.45, 7) is 3.72. The Morgan fingerprint density at radius 3 is 2.69 bits per heavy atom. The van der Waals surface area contributed by atoms with Crippen LogP contribution >= 0.6 is 0 Å². The molecule has 1 unspecified atom stereocenters. The van der Waals surface area contributed by atoms with Crippen molar-refractivity contribution in [2.75, 3.05) is 17.7 Å². The van der Waals surface area contributed by atoms with Gasteiger partial charge in [-0.05, 0) is 19.9 Å². The first-order chi connectivity index (χ1) is 12.3. The van der Waals surface area contributed by atoms with E-state index in [1.54, 1.807) is 24.0 Å². The minimum Gasteiger partial charge on any atom is -0.372 e. The number of aromatic amines is 1. The van der Waals surface area contributed by atoms with E-state index in [1.807, 2.05) is 13.0 Å². The highest BCUT2D eigenvalue weighted by Gasteiger charge is 2.35. The van der Waals surface area contributed by atoms with Crippen molar-refractivity contribution in [3.05, 3.63) is 41.6 Å². The molecule has 0 radical (unpaired) electrons. The van der Waals surface area contributed by atoms with Crippen LogP contribution in [0.2, 0.25) is 0 Å². The SMILES string of the molecule is CNc1nc(Nc2cn(C(C)c3ccn[nH]3)nc2C)ncc1C(F)(F)F. The molecule has 3 rings (SSSR count). The molecule has 3 heterocycles. The first-order valence-corrected chi connectivity index (χ1v) is 7.73. The van der Waals surface area contributed by atoms with Gasteiger partial charge in [0.2, 0.25) is 5.95 Å². The van der Waals surface area contributed by atoms with Gasteiger partial charge in [0.05, 0.1) is 23.1 Å². The number of nitrogens with zero attached hydrogens (tertiary/aromatic N) is 5. The number of aromatic nitrogens is 6. The summed E-state index contributed by atoms with van der Waals surface area (Å²) in [5.41, 5.74) is 1.21. The van der Waals surface area contributed by atoms with Crippen LogP contribution in [0.15, 0.2) is 24.7 Å². The molecule has 0 aliphatic rings. The van der Waals surface area contributed by atoms with Crippen molar-refractivity contribution < 1.29 is 13.2 Å². The summed E-state index contributed by atoms with van der Waals surface area (Å²) >= 11 is 0. The van der Waals surface area contributed by atoms with E-state index in [4.69, 9.17) is 0 Å². The molecular weight excluding hydrogens is 349 g/mol. The maximum absolute atomic E-state index is 12.9. The van der Waals surface area contributed by atoms with Gasteiger partial charge in [0.25, 0.3) is 0 Å². The Bertz CT molecular complexity index is 885. The van der Waals surface area contributed by atoms with E-state index in [2.05, 4.69) is 35.9 Å². The van der Waals surface area contributed by atoms with Crippen molar-refractivity contribution in [1.82, 2.24) is 29.9 Å². The lowest BCUT2D eigenvalue weighted by atomic mass is 10.2. The zero-order chi connectivity index (χ0) is 18.9. The minimum absolute atomic E-state index is 0.0409. The summed E-state index contributed by atoms with van der Waals surface area (Å²) in [6.07, 6.45) is -0.400. The van der Waals surface area contributed by atoms with Crippen LogP contribution in [-0.2, 0) is 6.18 Å². The second-order valence-electron chi connectivity index (χ2n) is 5.62. The van der Waals surface area contributed by atoms with Gasteiger partial charge in [-0.3, -0.25) is 9.78 Å². The molecule has 0 amide bonds. The van der Waals surface area contributed by atoms with Crippen molar-refractivity contribution in [3.8, 4) is 0 Å². The molecule has 11 heteroatoms. The summed E-state index contributed by atoms with van der Waals surface area (Å²) in [6, 6.07) is 1.75. The monoisotopic (exact) mass is 366 g/mol. The molecule has 8 nitrogen and oxygen atoms in total. The highest BCUT2D eigenvalue weighted by molar-refractivity contribution is 5.58. The van der Waals surface area contributed by atoms with Crippen LogP contribution in [0.5, 0.6) is 0 Å². The molecule has 138 valence electrons. The van der Waals surface area contributed by atoms with E-state index < -0.39 is 11.7 Å². The third-order valence-corrected chi connectivity index (χ3v) is 3.86. The van der Waals surface area contributed by atoms with E-state index in [0.29, 0.717) is 11.4 Å². The lowest BCUT2D eigenvalue weighted by Crippen LogP contribution is -2.12. The van der Waals surface area contributed by atoms with Crippen LogP contribution in [0.3, 0.4) is 0 Å². The van der Waals surface area contributed by atoms with Crippen molar-refractivity contribution in [3.63, 3.8) is 0 Å². The summed E-state index contributed by atoms with van der Waals surface area (Å²) in [4.78, 5) is 7.65. The quantitative estimate of drug-likeness (QED) is 0.642. The maximum Gasteiger partial charge on any atom is 0.421 e. The van der Waals surface area contributed by atoms with E-state index >= 15 is 0 Å². The molecule has 0 aliphatic heterocycles. The number of nitrogens with one attached hydrogen (secondary N) is 3. The fourth-order valence-electron chi connectivity index (χ4n) is 2.41. The molecule has 1 atom stereocenters. The average Bonchev–Trinajstić information content (AvgIpc) is 3.24. The van der Waals surface area contributed by atoms with Crippen LogP contribution in [0.4, 0.5) is 30.6 Å². The Morgan fingerprint density at radius 2 is 2.08 bits per heavy atom. The Labute approximate surface area is 146 Å². The molecular formula is C15H17F3N8.